The number of hydrogen-bond acceptors (Lipinski definition) is 6. The Bertz CT molecular complexity index is 1210. The van der Waals surface area contributed by atoms with Gasteiger partial charge in [-0.1, -0.05) is 23.4 Å². The van der Waals surface area contributed by atoms with Crippen molar-refractivity contribution in [3.8, 4) is 5.75 Å². The first kappa shape index (κ1) is 21.0. The van der Waals surface area contributed by atoms with E-state index in [1.807, 2.05) is 24.3 Å². The van der Waals surface area contributed by atoms with Crippen molar-refractivity contribution in [1.82, 2.24) is 25.3 Å². The van der Waals surface area contributed by atoms with E-state index < -0.39 is 0 Å². The number of pyridine rings is 1. The number of anilines is 2. The van der Waals surface area contributed by atoms with Gasteiger partial charge in [0.15, 0.2) is 0 Å². The minimum absolute atomic E-state index is 0.204. The summed E-state index contributed by atoms with van der Waals surface area (Å²) in [6.07, 6.45) is 3.34. The predicted octanol–water partition coefficient (Wildman–Crippen LogP) is 3.54. The van der Waals surface area contributed by atoms with Crippen molar-refractivity contribution in [3.63, 3.8) is 0 Å². The van der Waals surface area contributed by atoms with Gasteiger partial charge in [0, 0.05) is 11.9 Å². The number of aromatic nitrogens is 4. The predicted molar refractivity (Wildman–Crippen MR) is 117 cm³/mol. The van der Waals surface area contributed by atoms with Gasteiger partial charge in [-0.15, -0.1) is 5.10 Å². The van der Waals surface area contributed by atoms with Crippen LogP contribution in [0, 0.1) is 5.82 Å². The third-order valence-corrected chi connectivity index (χ3v) is 4.66. The molecule has 0 aliphatic carbocycles. The summed E-state index contributed by atoms with van der Waals surface area (Å²) >= 11 is 0. The number of hydrogen-bond donors (Lipinski definition) is 2. The van der Waals surface area contributed by atoms with Crippen molar-refractivity contribution in [1.29, 1.82) is 0 Å². The third kappa shape index (κ3) is 5.25. The second kappa shape index (κ2) is 9.69. The minimum Gasteiger partial charge on any atom is -0.497 e. The van der Waals surface area contributed by atoms with Crippen LogP contribution in [0.1, 0.15) is 21.6 Å². The summed E-state index contributed by atoms with van der Waals surface area (Å²) < 4.78 is 20.3. The molecule has 0 bridgehead atoms. The number of rotatable bonds is 8. The number of amides is 1. The summed E-state index contributed by atoms with van der Waals surface area (Å²) in [4.78, 5) is 16.9. The van der Waals surface area contributed by atoms with Crippen molar-refractivity contribution in [3.05, 3.63) is 95.7 Å². The van der Waals surface area contributed by atoms with Crippen LogP contribution >= 0.6 is 0 Å². The van der Waals surface area contributed by atoms with Gasteiger partial charge >= 0.3 is 0 Å². The highest BCUT2D eigenvalue weighted by Crippen LogP contribution is 2.19. The Morgan fingerprint density at radius 3 is 2.75 bits per heavy atom. The standard InChI is InChI=1S/C23H21FN6O2/c1-32-20-9-7-16(8-10-20)14-30-15-19(28-29-30)13-26-23(31)21-6-3-11-25-22(21)27-18-5-2-4-17(24)12-18/h2-12,15H,13-14H2,1H3,(H,25,27)(H,26,31). The highest BCUT2D eigenvalue weighted by atomic mass is 19.1. The molecule has 0 spiro atoms. The summed E-state index contributed by atoms with van der Waals surface area (Å²) in [6, 6.07) is 16.9. The van der Waals surface area contributed by atoms with E-state index in [0.717, 1.165) is 11.3 Å². The van der Waals surface area contributed by atoms with Gasteiger partial charge in [0.05, 0.1) is 32.0 Å². The van der Waals surface area contributed by atoms with E-state index in [0.29, 0.717) is 29.3 Å². The van der Waals surface area contributed by atoms with Crippen molar-refractivity contribution < 1.29 is 13.9 Å². The van der Waals surface area contributed by atoms with Gasteiger partial charge in [-0.25, -0.2) is 14.1 Å². The number of nitrogens with zero attached hydrogens (tertiary/aromatic N) is 4. The average Bonchev–Trinajstić information content (AvgIpc) is 3.25. The van der Waals surface area contributed by atoms with Gasteiger partial charge in [-0.2, -0.15) is 0 Å². The van der Waals surface area contributed by atoms with Crippen LogP contribution in [0.5, 0.6) is 5.75 Å². The quantitative estimate of drug-likeness (QED) is 0.442. The topological polar surface area (TPSA) is 94.0 Å². The molecule has 2 aromatic carbocycles. The number of methoxy groups -OCH3 is 1. The van der Waals surface area contributed by atoms with E-state index in [4.69, 9.17) is 4.74 Å². The lowest BCUT2D eigenvalue weighted by atomic mass is 10.2. The Kier molecular flexibility index (Phi) is 6.35. The van der Waals surface area contributed by atoms with E-state index in [1.165, 1.54) is 12.1 Å². The molecule has 4 aromatic rings. The zero-order chi connectivity index (χ0) is 22.3. The molecule has 162 valence electrons. The highest BCUT2D eigenvalue weighted by Gasteiger charge is 2.13. The monoisotopic (exact) mass is 432 g/mol. The maximum absolute atomic E-state index is 13.5. The second-order valence-electron chi connectivity index (χ2n) is 6.97. The highest BCUT2D eigenvalue weighted by molar-refractivity contribution is 5.99. The van der Waals surface area contributed by atoms with Crippen LogP contribution in [0.2, 0.25) is 0 Å². The molecular weight excluding hydrogens is 411 g/mol. The van der Waals surface area contributed by atoms with Crippen LogP contribution in [-0.2, 0) is 13.1 Å². The Morgan fingerprint density at radius 2 is 1.97 bits per heavy atom. The Balaban J connectivity index is 1.38. The van der Waals surface area contributed by atoms with E-state index >= 15 is 0 Å². The molecule has 0 aliphatic rings. The molecule has 4 rings (SSSR count). The van der Waals surface area contributed by atoms with Gasteiger partial charge in [0.2, 0.25) is 0 Å². The van der Waals surface area contributed by atoms with Crippen LogP contribution in [-0.4, -0.2) is 33.0 Å². The number of ether oxygens (including phenoxy) is 1. The minimum atomic E-state index is -0.380. The Labute approximate surface area is 184 Å². The van der Waals surface area contributed by atoms with E-state index in [1.54, 1.807) is 48.5 Å². The Morgan fingerprint density at radius 1 is 1.12 bits per heavy atom. The molecule has 0 saturated carbocycles. The average molecular weight is 432 g/mol. The molecular formula is C23H21FN6O2. The number of carbonyl (C=O) groups excluding carboxylic acids is 1. The first-order valence-electron chi connectivity index (χ1n) is 9.88. The lowest BCUT2D eigenvalue weighted by Crippen LogP contribution is -2.24. The fraction of sp³-hybridized carbons (Fsp3) is 0.130. The normalized spacial score (nSPS) is 10.6. The lowest BCUT2D eigenvalue weighted by Gasteiger charge is -2.10. The third-order valence-electron chi connectivity index (χ3n) is 4.66. The van der Waals surface area contributed by atoms with Gasteiger partial charge in [0.25, 0.3) is 5.91 Å². The van der Waals surface area contributed by atoms with E-state index in [9.17, 15) is 9.18 Å². The fourth-order valence-corrected chi connectivity index (χ4v) is 3.07. The summed E-state index contributed by atoms with van der Waals surface area (Å²) in [7, 11) is 1.62. The molecule has 1 amide bonds. The van der Waals surface area contributed by atoms with Crippen LogP contribution < -0.4 is 15.4 Å². The van der Waals surface area contributed by atoms with Crippen LogP contribution in [0.15, 0.2) is 73.1 Å². The lowest BCUT2D eigenvalue weighted by molar-refractivity contribution is 0.0951. The molecule has 9 heteroatoms. The molecule has 0 aliphatic heterocycles. The molecule has 32 heavy (non-hydrogen) atoms. The van der Waals surface area contributed by atoms with Crippen molar-refractivity contribution in [2.45, 2.75) is 13.1 Å². The van der Waals surface area contributed by atoms with Gasteiger partial charge in [-0.3, -0.25) is 4.79 Å². The van der Waals surface area contributed by atoms with Gasteiger partial charge in [-0.05, 0) is 48.0 Å². The van der Waals surface area contributed by atoms with Crippen molar-refractivity contribution >= 4 is 17.4 Å². The fourth-order valence-electron chi connectivity index (χ4n) is 3.07. The smallest absolute Gasteiger partial charge is 0.255 e. The Hall–Kier alpha value is -4.27. The number of halogens is 1. The molecule has 2 aromatic heterocycles. The van der Waals surface area contributed by atoms with Crippen LogP contribution in [0.3, 0.4) is 0 Å². The first-order valence-corrected chi connectivity index (χ1v) is 9.88. The van der Waals surface area contributed by atoms with Gasteiger partial charge < -0.3 is 15.4 Å². The summed E-state index contributed by atoms with van der Waals surface area (Å²) in [5.41, 5.74) is 2.51. The molecule has 0 atom stereocenters. The molecule has 8 nitrogen and oxygen atoms in total. The van der Waals surface area contributed by atoms with Crippen LogP contribution in [0.25, 0.3) is 0 Å². The zero-order valence-electron chi connectivity index (χ0n) is 17.3. The largest absolute Gasteiger partial charge is 0.497 e. The first-order chi connectivity index (χ1) is 15.6. The second-order valence-corrected chi connectivity index (χ2v) is 6.97. The number of carbonyl (C=O) groups is 1. The zero-order valence-corrected chi connectivity index (χ0v) is 17.3. The van der Waals surface area contributed by atoms with E-state index in [-0.39, 0.29) is 18.3 Å². The summed E-state index contributed by atoms with van der Waals surface area (Å²) in [6.45, 7) is 0.755. The maximum atomic E-state index is 13.5. The number of nitrogens with one attached hydrogen (secondary N) is 2. The molecule has 0 fully saturated rings. The molecule has 2 N–H and O–H groups in total. The SMILES string of the molecule is COc1ccc(Cn2cc(CNC(=O)c3cccnc3Nc3cccc(F)c3)nn2)cc1. The summed E-state index contributed by atoms with van der Waals surface area (Å²) in [5, 5.41) is 14.0. The molecule has 0 saturated heterocycles. The molecule has 0 unspecified atom stereocenters. The summed E-state index contributed by atoms with van der Waals surface area (Å²) in [5.74, 6) is 0.410. The maximum Gasteiger partial charge on any atom is 0.255 e. The van der Waals surface area contributed by atoms with Gasteiger partial charge in [0.1, 0.15) is 23.1 Å². The number of benzene rings is 2. The molecule has 2 heterocycles. The van der Waals surface area contributed by atoms with E-state index in [2.05, 4.69) is 25.9 Å². The van der Waals surface area contributed by atoms with Crippen LogP contribution in [0.4, 0.5) is 15.9 Å². The van der Waals surface area contributed by atoms with Crippen molar-refractivity contribution in [2.75, 3.05) is 12.4 Å². The van der Waals surface area contributed by atoms with Crippen molar-refractivity contribution in [2.24, 2.45) is 0 Å². The molecule has 0 radical (unpaired) electrons.